The summed E-state index contributed by atoms with van der Waals surface area (Å²) in [7, 11) is 1.57. The van der Waals surface area contributed by atoms with Crippen LogP contribution in [0.2, 0.25) is 0 Å². The molecule has 1 unspecified atom stereocenters. The third-order valence-electron chi connectivity index (χ3n) is 8.32. The van der Waals surface area contributed by atoms with Crippen LogP contribution in [0.1, 0.15) is 90.4 Å². The standard InChI is InChI=1S/C36H60N4O9/c1-3-33(41)37-21-11-4-5-12-22-38-34(42)46-25-29-17-19-30(20-18-29)26-47-35(43)39-23-13-6-7-14-24-40-36(44)48-28-32(27-45-2)49-31-15-9-8-10-16-31/h8-10,15-16,29-30,32H,3-7,11-14,17-28H2,1-2H3,(H,37,41)(H,38,42)(H,39,43)(H,40,44). The minimum atomic E-state index is -0.488. The van der Waals surface area contributed by atoms with E-state index in [-0.39, 0.29) is 18.6 Å². The average Bonchev–Trinajstić information content (AvgIpc) is 3.11. The molecule has 1 fully saturated rings. The molecule has 4 N–H and O–H groups in total. The Bertz CT molecular complexity index is 1040. The van der Waals surface area contributed by atoms with E-state index in [1.807, 2.05) is 37.3 Å². The van der Waals surface area contributed by atoms with Gasteiger partial charge in [0.15, 0.2) is 6.10 Å². The monoisotopic (exact) mass is 692 g/mol. The summed E-state index contributed by atoms with van der Waals surface area (Å²) < 4.78 is 27.1. The van der Waals surface area contributed by atoms with Crippen LogP contribution in [0.25, 0.3) is 0 Å². The van der Waals surface area contributed by atoms with Gasteiger partial charge in [-0.3, -0.25) is 4.79 Å². The van der Waals surface area contributed by atoms with Gasteiger partial charge in [-0.15, -0.1) is 0 Å². The van der Waals surface area contributed by atoms with Crippen LogP contribution in [0, 0.1) is 11.8 Å². The van der Waals surface area contributed by atoms with Gasteiger partial charge in [-0.05, 0) is 75.3 Å². The largest absolute Gasteiger partial charge is 0.484 e. The van der Waals surface area contributed by atoms with Gasteiger partial charge in [0.05, 0.1) is 19.8 Å². The van der Waals surface area contributed by atoms with Crippen molar-refractivity contribution in [2.75, 3.05) is 59.7 Å². The Hall–Kier alpha value is -3.74. The summed E-state index contributed by atoms with van der Waals surface area (Å²) in [5, 5.41) is 11.2. The second-order valence-electron chi connectivity index (χ2n) is 12.5. The molecule has 0 radical (unpaired) electrons. The molecule has 1 aromatic rings. The highest BCUT2D eigenvalue weighted by atomic mass is 16.6. The smallest absolute Gasteiger partial charge is 0.407 e. The Labute approximate surface area is 292 Å². The maximum atomic E-state index is 12.1. The molecule has 1 atom stereocenters. The van der Waals surface area contributed by atoms with Crippen molar-refractivity contribution in [1.29, 1.82) is 0 Å². The molecule has 0 bridgehead atoms. The van der Waals surface area contributed by atoms with Gasteiger partial charge < -0.3 is 45.0 Å². The molecule has 1 aliphatic carbocycles. The summed E-state index contributed by atoms with van der Waals surface area (Å²) >= 11 is 0. The fourth-order valence-electron chi connectivity index (χ4n) is 5.40. The minimum absolute atomic E-state index is 0.0812. The molecule has 0 spiro atoms. The first-order chi connectivity index (χ1) is 23.9. The lowest BCUT2D eigenvalue weighted by Gasteiger charge is -2.27. The highest BCUT2D eigenvalue weighted by molar-refractivity contribution is 5.75. The molecule has 2 rings (SSSR count). The van der Waals surface area contributed by atoms with E-state index in [0.717, 1.165) is 77.0 Å². The summed E-state index contributed by atoms with van der Waals surface area (Å²) in [6.07, 6.45) is 9.96. The molecular weight excluding hydrogens is 632 g/mol. The summed E-state index contributed by atoms with van der Waals surface area (Å²) in [5.41, 5.74) is 0. The van der Waals surface area contributed by atoms with Crippen molar-refractivity contribution in [3.8, 4) is 5.75 Å². The van der Waals surface area contributed by atoms with E-state index in [4.69, 9.17) is 23.7 Å². The van der Waals surface area contributed by atoms with Crippen LogP contribution < -0.4 is 26.0 Å². The highest BCUT2D eigenvalue weighted by Gasteiger charge is 2.23. The molecular formula is C36H60N4O9. The van der Waals surface area contributed by atoms with Crippen molar-refractivity contribution in [3.05, 3.63) is 30.3 Å². The predicted octanol–water partition coefficient (Wildman–Crippen LogP) is 5.71. The molecule has 4 amide bonds. The molecule has 49 heavy (non-hydrogen) atoms. The van der Waals surface area contributed by atoms with Crippen molar-refractivity contribution in [1.82, 2.24) is 21.3 Å². The normalized spacial score (nSPS) is 16.1. The number of rotatable bonds is 25. The molecule has 0 aliphatic heterocycles. The molecule has 13 heteroatoms. The lowest BCUT2D eigenvalue weighted by molar-refractivity contribution is -0.120. The maximum Gasteiger partial charge on any atom is 0.407 e. The van der Waals surface area contributed by atoms with Crippen LogP contribution in [0.3, 0.4) is 0 Å². The van der Waals surface area contributed by atoms with Crippen molar-refractivity contribution in [2.24, 2.45) is 11.8 Å². The van der Waals surface area contributed by atoms with Gasteiger partial charge in [-0.25, -0.2) is 14.4 Å². The lowest BCUT2D eigenvalue weighted by Crippen LogP contribution is -2.33. The first kappa shape index (κ1) is 41.4. The number of hydrogen-bond donors (Lipinski definition) is 4. The quantitative estimate of drug-likeness (QED) is 0.0743. The van der Waals surface area contributed by atoms with Crippen molar-refractivity contribution in [2.45, 2.75) is 96.5 Å². The van der Waals surface area contributed by atoms with Gasteiger partial charge in [0.25, 0.3) is 0 Å². The number of carbonyl (C=O) groups excluding carboxylic acids is 4. The van der Waals surface area contributed by atoms with Gasteiger partial charge in [0.1, 0.15) is 12.4 Å². The molecule has 1 aliphatic rings. The van der Waals surface area contributed by atoms with Crippen molar-refractivity contribution < 1.29 is 42.9 Å². The Morgan fingerprint density at radius 1 is 0.633 bits per heavy atom. The van der Waals surface area contributed by atoms with Gasteiger partial charge in [-0.1, -0.05) is 50.8 Å². The molecule has 278 valence electrons. The van der Waals surface area contributed by atoms with Gasteiger partial charge >= 0.3 is 18.3 Å². The molecule has 0 saturated heterocycles. The molecule has 1 aromatic carbocycles. The van der Waals surface area contributed by atoms with E-state index in [1.165, 1.54) is 0 Å². The molecule has 13 nitrogen and oxygen atoms in total. The van der Waals surface area contributed by atoms with Crippen LogP contribution in [0.15, 0.2) is 30.3 Å². The number of hydrogen-bond acceptors (Lipinski definition) is 9. The van der Waals surface area contributed by atoms with Crippen LogP contribution in [0.4, 0.5) is 14.4 Å². The Balaban J connectivity index is 1.37. The van der Waals surface area contributed by atoms with Crippen LogP contribution in [0.5, 0.6) is 5.75 Å². The zero-order valence-corrected chi connectivity index (χ0v) is 29.6. The lowest BCUT2D eigenvalue weighted by atomic mass is 9.83. The SMILES string of the molecule is CCC(=O)NCCCCCCNC(=O)OCC1CCC(COC(=O)NCCCCCCNC(=O)OCC(COC)Oc2ccccc2)CC1. The summed E-state index contributed by atoms with van der Waals surface area (Å²) in [6.45, 7) is 5.38. The number of ether oxygens (including phenoxy) is 5. The van der Waals surface area contributed by atoms with E-state index in [1.54, 1.807) is 7.11 Å². The van der Waals surface area contributed by atoms with Gasteiger partial charge in [0.2, 0.25) is 5.91 Å². The molecule has 1 saturated carbocycles. The number of nitrogens with one attached hydrogen (secondary N) is 4. The number of alkyl carbamates (subject to hydrolysis) is 3. The van der Waals surface area contributed by atoms with Crippen molar-refractivity contribution in [3.63, 3.8) is 0 Å². The van der Waals surface area contributed by atoms with E-state index in [0.29, 0.717) is 70.0 Å². The zero-order chi connectivity index (χ0) is 35.4. The molecule has 0 heterocycles. The Morgan fingerprint density at radius 3 is 1.53 bits per heavy atom. The fourth-order valence-corrected chi connectivity index (χ4v) is 5.40. The third kappa shape index (κ3) is 21.8. The second-order valence-corrected chi connectivity index (χ2v) is 12.5. The number of para-hydroxylation sites is 1. The second kappa shape index (κ2) is 27.1. The highest BCUT2D eigenvalue weighted by Crippen LogP contribution is 2.29. The van der Waals surface area contributed by atoms with Crippen LogP contribution in [-0.2, 0) is 23.7 Å². The average molecular weight is 693 g/mol. The van der Waals surface area contributed by atoms with E-state index < -0.39 is 18.3 Å². The first-order valence-electron chi connectivity index (χ1n) is 18.1. The zero-order valence-electron chi connectivity index (χ0n) is 29.6. The third-order valence-corrected chi connectivity index (χ3v) is 8.32. The summed E-state index contributed by atoms with van der Waals surface area (Å²) in [4.78, 5) is 47.3. The molecule has 0 aromatic heterocycles. The number of benzene rings is 1. The fraction of sp³-hybridized carbons (Fsp3) is 0.722. The topological polar surface area (TPSA) is 163 Å². The van der Waals surface area contributed by atoms with Crippen molar-refractivity contribution >= 4 is 24.2 Å². The number of amides is 4. The van der Waals surface area contributed by atoms with E-state index >= 15 is 0 Å². The van der Waals surface area contributed by atoms with Crippen LogP contribution >= 0.6 is 0 Å². The Kier molecular flexibility index (Phi) is 22.9. The summed E-state index contributed by atoms with van der Waals surface area (Å²) in [6, 6.07) is 9.32. The number of unbranched alkanes of at least 4 members (excludes halogenated alkanes) is 6. The van der Waals surface area contributed by atoms with Gasteiger partial charge in [-0.2, -0.15) is 0 Å². The predicted molar refractivity (Wildman–Crippen MR) is 186 cm³/mol. The van der Waals surface area contributed by atoms with E-state index in [2.05, 4.69) is 21.3 Å². The number of carbonyl (C=O) groups is 4. The minimum Gasteiger partial charge on any atom is -0.484 e. The van der Waals surface area contributed by atoms with E-state index in [9.17, 15) is 19.2 Å². The number of methoxy groups -OCH3 is 1. The van der Waals surface area contributed by atoms with Gasteiger partial charge in [0, 0.05) is 39.7 Å². The first-order valence-corrected chi connectivity index (χ1v) is 18.1. The summed E-state index contributed by atoms with van der Waals surface area (Å²) in [5.74, 6) is 1.43. The van der Waals surface area contributed by atoms with Crippen LogP contribution in [-0.4, -0.2) is 90.0 Å². The Morgan fingerprint density at radius 2 is 1.08 bits per heavy atom. The maximum absolute atomic E-state index is 12.1.